The van der Waals surface area contributed by atoms with Gasteiger partial charge in [-0.05, 0) is 44.2 Å². The van der Waals surface area contributed by atoms with Crippen LogP contribution in [0.1, 0.15) is 41.1 Å². The molecule has 1 aromatic heterocycles. The van der Waals surface area contributed by atoms with E-state index in [4.69, 9.17) is 9.15 Å². The predicted octanol–water partition coefficient (Wildman–Crippen LogP) is 2.02. The number of piperidine rings is 1. The van der Waals surface area contributed by atoms with E-state index >= 15 is 0 Å². The number of ether oxygens (including phenoxy) is 1. The van der Waals surface area contributed by atoms with E-state index in [2.05, 4.69) is 15.6 Å². The molecule has 2 N–H and O–H groups in total. The number of nitrogens with zero attached hydrogens (tertiary/aromatic N) is 2. The number of carbonyl (C=O) groups is 3. The van der Waals surface area contributed by atoms with Crippen LogP contribution in [0.3, 0.4) is 0 Å². The van der Waals surface area contributed by atoms with E-state index in [1.54, 1.807) is 11.8 Å². The molecule has 2 aromatic rings. The minimum absolute atomic E-state index is 0.0531. The van der Waals surface area contributed by atoms with Gasteiger partial charge in [-0.15, -0.1) is 0 Å². The van der Waals surface area contributed by atoms with Gasteiger partial charge in [-0.25, -0.2) is 4.98 Å². The molecule has 34 heavy (non-hydrogen) atoms. The number of hydrogen-bond acceptors (Lipinski definition) is 6. The fourth-order valence-electron chi connectivity index (χ4n) is 4.41. The van der Waals surface area contributed by atoms with E-state index in [-0.39, 0.29) is 24.3 Å². The largest absolute Gasteiger partial charge is 0.483 e. The maximum atomic E-state index is 13.3. The smallest absolute Gasteiger partial charge is 0.276 e. The van der Waals surface area contributed by atoms with Gasteiger partial charge < -0.3 is 24.7 Å². The molecule has 0 atom stereocenters. The van der Waals surface area contributed by atoms with Crippen molar-refractivity contribution < 1.29 is 23.5 Å². The number of fused-ring (bicyclic) bond motifs is 1. The number of hydrogen-bond donors (Lipinski definition) is 2. The van der Waals surface area contributed by atoms with Crippen LogP contribution in [-0.2, 0) is 16.0 Å². The Hall–Kier alpha value is -3.62. The fourth-order valence-corrected chi connectivity index (χ4v) is 4.41. The second-order valence-corrected chi connectivity index (χ2v) is 8.71. The zero-order valence-corrected chi connectivity index (χ0v) is 19.3. The van der Waals surface area contributed by atoms with Crippen LogP contribution in [0.15, 0.2) is 47.2 Å². The second-order valence-electron chi connectivity index (χ2n) is 8.71. The molecule has 2 aliphatic heterocycles. The Kier molecular flexibility index (Phi) is 7.30. The van der Waals surface area contributed by atoms with E-state index in [9.17, 15) is 14.4 Å². The molecule has 3 amide bonds. The van der Waals surface area contributed by atoms with Crippen LogP contribution in [-0.4, -0.2) is 60.4 Å². The van der Waals surface area contributed by atoms with Gasteiger partial charge in [0.25, 0.3) is 11.8 Å². The van der Waals surface area contributed by atoms with Crippen molar-refractivity contribution in [2.75, 3.05) is 32.8 Å². The highest BCUT2D eigenvalue weighted by Crippen LogP contribution is 2.36. The number of nitrogens with one attached hydrogen (secondary N) is 2. The highest BCUT2D eigenvalue weighted by molar-refractivity contribution is 5.93. The molecule has 4 rings (SSSR count). The molecule has 0 unspecified atom stereocenters. The summed E-state index contributed by atoms with van der Waals surface area (Å²) in [6.45, 7) is 3.20. The molecule has 1 saturated heterocycles. The number of allylic oxidation sites excluding steroid dienone is 2. The molecule has 2 aliphatic rings. The lowest BCUT2D eigenvalue weighted by Gasteiger charge is -2.40. The van der Waals surface area contributed by atoms with Crippen molar-refractivity contribution >= 4 is 17.7 Å². The van der Waals surface area contributed by atoms with Crippen molar-refractivity contribution in [2.24, 2.45) is 5.41 Å². The lowest BCUT2D eigenvalue weighted by atomic mass is 9.74. The van der Waals surface area contributed by atoms with Crippen LogP contribution in [0, 0.1) is 12.3 Å². The first kappa shape index (κ1) is 23.5. The number of rotatable bonds is 1. The zero-order valence-electron chi connectivity index (χ0n) is 19.3. The van der Waals surface area contributed by atoms with Gasteiger partial charge in [-0.3, -0.25) is 14.4 Å². The molecule has 3 heterocycles. The SMILES string of the molecule is Cc1ocnc1C(=O)N1CCC2(C/C=C/Cc3ccccc3OCC(=O)NCCNC2=O)CC1. The summed E-state index contributed by atoms with van der Waals surface area (Å²) in [7, 11) is 0. The number of aryl methyl sites for hydroxylation is 1. The molecule has 1 aromatic carbocycles. The van der Waals surface area contributed by atoms with Crippen LogP contribution in [0.25, 0.3) is 0 Å². The zero-order chi connectivity index (χ0) is 24.0. The number of likely N-dealkylation sites (tertiary alicyclic amines) is 1. The Morgan fingerprint density at radius 3 is 2.62 bits per heavy atom. The van der Waals surface area contributed by atoms with Crippen LogP contribution in [0.5, 0.6) is 5.75 Å². The minimum Gasteiger partial charge on any atom is -0.483 e. The monoisotopic (exact) mass is 466 g/mol. The summed E-state index contributed by atoms with van der Waals surface area (Å²) in [4.78, 5) is 44.0. The topological polar surface area (TPSA) is 114 Å². The lowest BCUT2D eigenvalue weighted by molar-refractivity contribution is -0.133. The van der Waals surface area contributed by atoms with Crippen molar-refractivity contribution in [3.63, 3.8) is 0 Å². The first-order valence-corrected chi connectivity index (χ1v) is 11.6. The van der Waals surface area contributed by atoms with Gasteiger partial charge in [0.15, 0.2) is 18.7 Å². The third-order valence-electron chi connectivity index (χ3n) is 6.51. The molecule has 0 bridgehead atoms. The highest BCUT2D eigenvalue weighted by Gasteiger charge is 2.41. The van der Waals surface area contributed by atoms with Gasteiger partial charge in [0, 0.05) is 26.2 Å². The third-order valence-corrected chi connectivity index (χ3v) is 6.51. The summed E-state index contributed by atoms with van der Waals surface area (Å²) in [5, 5.41) is 5.75. The van der Waals surface area contributed by atoms with Crippen molar-refractivity contribution in [1.82, 2.24) is 20.5 Å². The average Bonchev–Trinajstić information content (AvgIpc) is 3.28. The van der Waals surface area contributed by atoms with E-state index in [1.165, 1.54) is 6.39 Å². The molecule has 9 nitrogen and oxygen atoms in total. The first-order chi connectivity index (χ1) is 16.5. The summed E-state index contributed by atoms with van der Waals surface area (Å²) < 4.78 is 10.9. The Morgan fingerprint density at radius 1 is 1.09 bits per heavy atom. The quantitative estimate of drug-likeness (QED) is 0.622. The number of amides is 3. The van der Waals surface area contributed by atoms with E-state index < -0.39 is 5.41 Å². The molecule has 1 spiro atoms. The van der Waals surface area contributed by atoms with E-state index in [0.29, 0.717) is 69.1 Å². The van der Waals surface area contributed by atoms with Gasteiger partial charge >= 0.3 is 0 Å². The molecular formula is C25H30N4O5. The molecule has 180 valence electrons. The number of benzene rings is 1. The number of oxazole rings is 1. The van der Waals surface area contributed by atoms with Gasteiger partial charge in [0.05, 0.1) is 5.41 Å². The number of para-hydroxylation sites is 1. The Labute approximate surface area is 198 Å². The van der Waals surface area contributed by atoms with Gasteiger partial charge in [0.1, 0.15) is 11.5 Å². The van der Waals surface area contributed by atoms with Crippen LogP contribution in [0.2, 0.25) is 0 Å². The van der Waals surface area contributed by atoms with E-state index in [0.717, 1.165) is 5.56 Å². The Morgan fingerprint density at radius 2 is 1.85 bits per heavy atom. The molecule has 0 aliphatic carbocycles. The van der Waals surface area contributed by atoms with Crippen molar-refractivity contribution in [3.05, 3.63) is 59.8 Å². The molecule has 1 fully saturated rings. The maximum absolute atomic E-state index is 13.3. The average molecular weight is 467 g/mol. The van der Waals surface area contributed by atoms with Gasteiger partial charge in [-0.1, -0.05) is 30.4 Å². The normalized spacial score (nSPS) is 20.2. The summed E-state index contributed by atoms with van der Waals surface area (Å²) in [6, 6.07) is 7.63. The van der Waals surface area contributed by atoms with Crippen molar-refractivity contribution in [2.45, 2.75) is 32.6 Å². The highest BCUT2D eigenvalue weighted by atomic mass is 16.5. The van der Waals surface area contributed by atoms with Crippen molar-refractivity contribution in [1.29, 1.82) is 0 Å². The molecular weight excluding hydrogens is 436 g/mol. The number of aromatic nitrogens is 1. The Balaban J connectivity index is 1.49. The molecule has 0 saturated carbocycles. The van der Waals surface area contributed by atoms with Crippen molar-refractivity contribution in [3.8, 4) is 5.75 Å². The fraction of sp³-hybridized carbons (Fsp3) is 0.440. The third kappa shape index (κ3) is 5.30. The summed E-state index contributed by atoms with van der Waals surface area (Å²) in [5.74, 6) is 0.706. The standard InChI is InChI=1S/C25H30N4O5/c1-18-22(28-17-34-18)23(31)29-14-10-25(11-15-29)9-5-4-7-19-6-2-3-8-20(19)33-16-21(30)26-12-13-27-24(25)32/h2-6,8,17H,7,9-16H2,1H3,(H,26,30)(H,27,32)/b5-4+. The minimum atomic E-state index is -0.619. The second kappa shape index (κ2) is 10.5. The summed E-state index contributed by atoms with van der Waals surface area (Å²) >= 11 is 0. The van der Waals surface area contributed by atoms with Crippen LogP contribution < -0.4 is 15.4 Å². The van der Waals surface area contributed by atoms with E-state index in [1.807, 2.05) is 36.4 Å². The lowest BCUT2D eigenvalue weighted by Crippen LogP contribution is -2.51. The summed E-state index contributed by atoms with van der Waals surface area (Å²) in [6.07, 6.45) is 7.63. The Bertz CT molecular complexity index is 1070. The van der Waals surface area contributed by atoms with Gasteiger partial charge in [-0.2, -0.15) is 0 Å². The molecule has 0 radical (unpaired) electrons. The summed E-state index contributed by atoms with van der Waals surface area (Å²) in [5.41, 5.74) is 0.675. The van der Waals surface area contributed by atoms with Crippen LogP contribution in [0.4, 0.5) is 0 Å². The number of carbonyl (C=O) groups excluding carboxylic acids is 3. The van der Waals surface area contributed by atoms with Gasteiger partial charge in [0.2, 0.25) is 5.91 Å². The first-order valence-electron chi connectivity index (χ1n) is 11.6. The predicted molar refractivity (Wildman–Crippen MR) is 124 cm³/mol. The molecule has 9 heteroatoms. The maximum Gasteiger partial charge on any atom is 0.276 e. The van der Waals surface area contributed by atoms with Crippen LogP contribution >= 0.6 is 0 Å².